The number of aromatic nitrogens is 1. The summed E-state index contributed by atoms with van der Waals surface area (Å²) in [6.45, 7) is 0.661. The van der Waals surface area contributed by atoms with Gasteiger partial charge >= 0.3 is 0 Å². The number of primary amides is 1. The van der Waals surface area contributed by atoms with Crippen molar-refractivity contribution < 1.29 is 9.53 Å². The molecule has 0 spiro atoms. The first-order chi connectivity index (χ1) is 11.2. The molecule has 0 saturated heterocycles. The molecule has 1 amide bonds. The number of fused-ring (bicyclic) bond motifs is 2. The first-order valence-corrected chi connectivity index (χ1v) is 8.23. The Hall–Kier alpha value is -2.36. The van der Waals surface area contributed by atoms with E-state index in [4.69, 9.17) is 15.5 Å². The average molecular weight is 308 g/mol. The number of rotatable bonds is 3. The zero-order valence-electron chi connectivity index (χ0n) is 13.0. The van der Waals surface area contributed by atoms with Crippen LogP contribution in [0.25, 0.3) is 0 Å². The number of hydrogen-bond donors (Lipinski definition) is 1. The highest BCUT2D eigenvalue weighted by atomic mass is 16.5. The summed E-state index contributed by atoms with van der Waals surface area (Å²) in [5.41, 5.74) is 10.6. The fraction of sp³-hybridized carbons (Fsp3) is 0.368. The lowest BCUT2D eigenvalue weighted by atomic mass is 9.91. The van der Waals surface area contributed by atoms with Crippen LogP contribution in [0.3, 0.4) is 0 Å². The van der Waals surface area contributed by atoms with E-state index in [1.165, 1.54) is 11.1 Å². The zero-order valence-corrected chi connectivity index (χ0v) is 13.0. The average Bonchev–Trinajstić information content (AvgIpc) is 3.01. The second-order valence-corrected chi connectivity index (χ2v) is 6.50. The molecule has 2 aromatic rings. The first-order valence-electron chi connectivity index (χ1n) is 8.23. The van der Waals surface area contributed by atoms with Crippen molar-refractivity contribution in [2.75, 3.05) is 6.61 Å². The third-order valence-corrected chi connectivity index (χ3v) is 4.83. The summed E-state index contributed by atoms with van der Waals surface area (Å²) in [4.78, 5) is 16.6. The summed E-state index contributed by atoms with van der Waals surface area (Å²) in [5, 5.41) is 0. The number of pyridine rings is 1. The van der Waals surface area contributed by atoms with E-state index in [2.05, 4.69) is 6.07 Å². The highest BCUT2D eigenvalue weighted by molar-refractivity contribution is 5.94. The first kappa shape index (κ1) is 14.2. The minimum atomic E-state index is -0.376. The smallest absolute Gasteiger partial charge is 0.250 e. The molecular formula is C19H20N2O2. The Bertz CT molecular complexity index is 770. The van der Waals surface area contributed by atoms with Gasteiger partial charge < -0.3 is 10.5 Å². The number of carbonyl (C=O) groups excluding carboxylic acids is 1. The number of amides is 1. The third kappa shape index (κ3) is 2.69. The number of nitrogens with zero attached hydrogens (tertiary/aromatic N) is 1. The molecule has 2 heterocycles. The fourth-order valence-corrected chi connectivity index (χ4v) is 3.68. The van der Waals surface area contributed by atoms with Gasteiger partial charge in [0.2, 0.25) is 0 Å². The largest absolute Gasteiger partial charge is 0.493 e. The van der Waals surface area contributed by atoms with Crippen molar-refractivity contribution in [1.29, 1.82) is 0 Å². The Labute approximate surface area is 135 Å². The highest BCUT2D eigenvalue weighted by Gasteiger charge is 2.24. The molecule has 4 nitrogen and oxygen atoms in total. The Balaban J connectivity index is 1.61. The van der Waals surface area contributed by atoms with Crippen molar-refractivity contribution in [2.45, 2.75) is 32.1 Å². The number of nitrogens with two attached hydrogens (primary N) is 1. The van der Waals surface area contributed by atoms with E-state index in [0.29, 0.717) is 18.1 Å². The Morgan fingerprint density at radius 2 is 2.13 bits per heavy atom. The molecule has 4 heteroatoms. The standard InChI is InChI=1S/C19H20N2O2/c20-19(22)15-10-13-5-3-6-16(13)21-17(15)9-12-8-14-4-1-2-7-18(14)23-11-12/h1-2,4,7,10,12H,3,5-6,8-9,11H2,(H2,20,22)/t12-/m0/s1. The van der Waals surface area contributed by atoms with Crippen molar-refractivity contribution in [3.8, 4) is 5.75 Å². The Kier molecular flexibility index (Phi) is 3.52. The Morgan fingerprint density at radius 3 is 3.00 bits per heavy atom. The van der Waals surface area contributed by atoms with Crippen LogP contribution in [0, 0.1) is 5.92 Å². The van der Waals surface area contributed by atoms with Crippen molar-refractivity contribution in [3.05, 3.63) is 58.4 Å². The maximum absolute atomic E-state index is 11.8. The van der Waals surface area contributed by atoms with Crippen molar-refractivity contribution in [2.24, 2.45) is 11.7 Å². The van der Waals surface area contributed by atoms with Gasteiger partial charge in [-0.1, -0.05) is 18.2 Å². The van der Waals surface area contributed by atoms with Crippen LogP contribution in [0.1, 0.15) is 39.3 Å². The van der Waals surface area contributed by atoms with Gasteiger partial charge in [-0.25, -0.2) is 0 Å². The highest BCUT2D eigenvalue weighted by Crippen LogP contribution is 2.30. The summed E-state index contributed by atoms with van der Waals surface area (Å²) >= 11 is 0. The number of para-hydroxylation sites is 1. The molecule has 1 aliphatic carbocycles. The normalized spacial score (nSPS) is 18.9. The molecule has 23 heavy (non-hydrogen) atoms. The van der Waals surface area contributed by atoms with Crippen LogP contribution < -0.4 is 10.5 Å². The van der Waals surface area contributed by atoms with Crippen molar-refractivity contribution in [1.82, 2.24) is 4.98 Å². The van der Waals surface area contributed by atoms with E-state index in [9.17, 15) is 4.79 Å². The van der Waals surface area contributed by atoms with Crippen LogP contribution in [0.15, 0.2) is 30.3 Å². The lowest BCUT2D eigenvalue weighted by Crippen LogP contribution is -2.25. The minimum Gasteiger partial charge on any atom is -0.493 e. The fourth-order valence-electron chi connectivity index (χ4n) is 3.68. The maximum Gasteiger partial charge on any atom is 0.250 e. The molecule has 2 aliphatic rings. The number of benzene rings is 1. The molecule has 2 N–H and O–H groups in total. The topological polar surface area (TPSA) is 65.2 Å². The van der Waals surface area contributed by atoms with Crippen molar-refractivity contribution in [3.63, 3.8) is 0 Å². The number of ether oxygens (including phenoxy) is 1. The van der Waals surface area contributed by atoms with Crippen LogP contribution in [-0.4, -0.2) is 17.5 Å². The predicted molar refractivity (Wildman–Crippen MR) is 87.6 cm³/mol. The lowest BCUT2D eigenvalue weighted by molar-refractivity contribution is 0.0998. The summed E-state index contributed by atoms with van der Waals surface area (Å²) in [6, 6.07) is 10.1. The van der Waals surface area contributed by atoms with Crippen molar-refractivity contribution >= 4 is 5.91 Å². The van der Waals surface area contributed by atoms with Crippen LogP contribution >= 0.6 is 0 Å². The SMILES string of the molecule is NC(=O)c1cc2c(nc1C[C@H]1COc3ccccc3C1)CCC2. The van der Waals surface area contributed by atoms with Gasteiger partial charge in [0.15, 0.2) is 0 Å². The van der Waals surface area contributed by atoms with E-state index >= 15 is 0 Å². The molecule has 4 rings (SSSR count). The minimum absolute atomic E-state index is 0.329. The van der Waals surface area contributed by atoms with E-state index in [0.717, 1.165) is 49.2 Å². The van der Waals surface area contributed by atoms with Gasteiger partial charge in [0.05, 0.1) is 17.9 Å². The van der Waals surface area contributed by atoms with Crippen LogP contribution in [0.4, 0.5) is 0 Å². The molecule has 1 aromatic heterocycles. The van der Waals surface area contributed by atoms with E-state index in [1.807, 2.05) is 24.3 Å². The molecule has 0 radical (unpaired) electrons. The van der Waals surface area contributed by atoms with Crippen LogP contribution in [0.5, 0.6) is 5.75 Å². The van der Waals surface area contributed by atoms with Gasteiger partial charge in [-0.05, 0) is 55.4 Å². The van der Waals surface area contributed by atoms with Gasteiger partial charge in [-0.3, -0.25) is 9.78 Å². The van der Waals surface area contributed by atoms with Gasteiger partial charge in [0.25, 0.3) is 5.91 Å². The summed E-state index contributed by atoms with van der Waals surface area (Å²) in [5.74, 6) is 0.926. The second-order valence-electron chi connectivity index (χ2n) is 6.50. The van der Waals surface area contributed by atoms with E-state index in [1.54, 1.807) is 0 Å². The molecule has 1 aliphatic heterocycles. The molecule has 0 unspecified atom stereocenters. The molecule has 1 atom stereocenters. The number of aryl methyl sites for hydroxylation is 2. The predicted octanol–water partition coefficient (Wildman–Crippen LogP) is 2.46. The van der Waals surface area contributed by atoms with E-state index < -0.39 is 0 Å². The molecule has 118 valence electrons. The summed E-state index contributed by atoms with van der Waals surface area (Å²) in [6.07, 6.45) is 4.81. The zero-order chi connectivity index (χ0) is 15.8. The molecule has 0 saturated carbocycles. The van der Waals surface area contributed by atoms with Gasteiger partial charge in [-0.2, -0.15) is 0 Å². The monoisotopic (exact) mass is 308 g/mol. The number of carbonyl (C=O) groups is 1. The summed E-state index contributed by atoms with van der Waals surface area (Å²) in [7, 11) is 0. The number of hydrogen-bond acceptors (Lipinski definition) is 3. The molecule has 0 bridgehead atoms. The van der Waals surface area contributed by atoms with E-state index in [-0.39, 0.29) is 5.91 Å². The lowest BCUT2D eigenvalue weighted by Gasteiger charge is -2.25. The molecular weight excluding hydrogens is 288 g/mol. The van der Waals surface area contributed by atoms with Crippen LogP contribution in [-0.2, 0) is 25.7 Å². The quantitative estimate of drug-likeness (QED) is 0.947. The molecule has 0 fully saturated rings. The maximum atomic E-state index is 11.8. The van der Waals surface area contributed by atoms with Gasteiger partial charge in [-0.15, -0.1) is 0 Å². The third-order valence-electron chi connectivity index (χ3n) is 4.83. The summed E-state index contributed by atoms with van der Waals surface area (Å²) < 4.78 is 5.86. The van der Waals surface area contributed by atoms with Gasteiger partial charge in [0, 0.05) is 11.6 Å². The Morgan fingerprint density at radius 1 is 1.26 bits per heavy atom. The second kappa shape index (κ2) is 5.69. The van der Waals surface area contributed by atoms with Crippen LogP contribution in [0.2, 0.25) is 0 Å². The molecule has 1 aromatic carbocycles. The van der Waals surface area contributed by atoms with Gasteiger partial charge in [0.1, 0.15) is 5.75 Å².